The first kappa shape index (κ1) is 27.0. The number of aliphatic carboxylic acids is 1. The number of unbranched alkanes of at least 4 members (excludes halogenated alkanes) is 11. The van der Waals surface area contributed by atoms with Crippen molar-refractivity contribution in [1.29, 1.82) is 0 Å². The fraction of sp³-hybridized carbons (Fsp3) is 0.789. The summed E-state index contributed by atoms with van der Waals surface area (Å²) in [5.41, 5.74) is 0. The van der Waals surface area contributed by atoms with Gasteiger partial charge in [-0.15, -0.1) is 0 Å². The number of carbonyl (C=O) groups is 2. The molecule has 0 saturated heterocycles. The molecule has 5 nitrogen and oxygen atoms in total. The summed E-state index contributed by atoms with van der Waals surface area (Å²) in [5, 5.41) is 20.3. The van der Waals surface area contributed by atoms with Gasteiger partial charge in [-0.3, -0.25) is 0 Å². The molecule has 0 aliphatic heterocycles. The van der Waals surface area contributed by atoms with Crippen molar-refractivity contribution in [2.45, 2.75) is 89.9 Å². The van der Waals surface area contributed by atoms with Gasteiger partial charge in [-0.1, -0.05) is 57.1 Å². The molecule has 0 fully saturated rings. The zero-order chi connectivity index (χ0) is 17.9. The van der Waals surface area contributed by atoms with Gasteiger partial charge < -0.3 is 24.5 Å². The van der Waals surface area contributed by atoms with E-state index in [4.69, 9.17) is 0 Å². The number of ether oxygens (including phenoxy) is 1. The SMILES string of the molecule is O=C([O-])CCCCCCC/C=C\CCCCCCCCOC(=O)[O-].[Ca+2]. The van der Waals surface area contributed by atoms with E-state index in [0.29, 0.717) is 0 Å². The molecule has 0 saturated carbocycles. The van der Waals surface area contributed by atoms with Crippen molar-refractivity contribution in [3.63, 3.8) is 0 Å². The Morgan fingerprint density at radius 3 is 1.60 bits per heavy atom. The van der Waals surface area contributed by atoms with Gasteiger partial charge in [-0.25, -0.2) is 0 Å². The molecule has 0 amide bonds. The molecule has 0 atom stereocenters. The fourth-order valence-corrected chi connectivity index (χ4v) is 2.52. The summed E-state index contributed by atoms with van der Waals surface area (Å²) in [4.78, 5) is 20.3. The minimum Gasteiger partial charge on any atom is -0.550 e. The summed E-state index contributed by atoms with van der Waals surface area (Å²) in [5.74, 6) is -0.942. The normalized spacial score (nSPS) is 10.6. The number of carbonyl (C=O) groups excluding carboxylic acids is 2. The Bertz CT molecular complexity index is 345. The van der Waals surface area contributed by atoms with Gasteiger partial charge in [-0.2, -0.15) is 0 Å². The Morgan fingerprint density at radius 1 is 0.680 bits per heavy atom. The molecule has 0 bridgehead atoms. The third-order valence-corrected chi connectivity index (χ3v) is 3.90. The van der Waals surface area contributed by atoms with E-state index in [9.17, 15) is 19.8 Å². The molecule has 0 rings (SSSR count). The van der Waals surface area contributed by atoms with Crippen LogP contribution in [-0.2, 0) is 9.53 Å². The van der Waals surface area contributed by atoms with Crippen molar-refractivity contribution in [2.75, 3.05) is 6.61 Å². The summed E-state index contributed by atoms with van der Waals surface area (Å²) in [6.07, 6.45) is 17.2. The van der Waals surface area contributed by atoms with Gasteiger partial charge in [0.2, 0.25) is 0 Å². The number of carboxylic acids is 1. The van der Waals surface area contributed by atoms with Crippen LogP contribution >= 0.6 is 0 Å². The second kappa shape index (κ2) is 21.8. The molecule has 0 unspecified atom stereocenters. The molecule has 0 aromatic rings. The summed E-state index contributed by atoms with van der Waals surface area (Å²) in [7, 11) is 0. The number of rotatable bonds is 17. The molecular weight excluding hydrogens is 348 g/mol. The van der Waals surface area contributed by atoms with Crippen molar-refractivity contribution >= 4 is 49.9 Å². The predicted octanol–water partition coefficient (Wildman–Crippen LogP) is 2.73. The first-order chi connectivity index (χ1) is 11.6. The van der Waals surface area contributed by atoms with Crippen LogP contribution in [0, 0.1) is 0 Å². The van der Waals surface area contributed by atoms with Gasteiger partial charge >= 0.3 is 37.7 Å². The molecule has 0 aliphatic rings. The molecule has 0 aliphatic carbocycles. The smallest absolute Gasteiger partial charge is 0.550 e. The summed E-state index contributed by atoms with van der Waals surface area (Å²) >= 11 is 0. The zero-order valence-electron chi connectivity index (χ0n) is 15.5. The molecule has 140 valence electrons. The van der Waals surface area contributed by atoms with E-state index in [1.807, 2.05) is 0 Å². The Labute approximate surface area is 182 Å². The minimum absolute atomic E-state index is 0. The number of hydrogen-bond donors (Lipinski definition) is 0. The van der Waals surface area contributed by atoms with Gasteiger partial charge in [0, 0.05) is 12.6 Å². The Morgan fingerprint density at radius 2 is 1.12 bits per heavy atom. The molecule has 6 heteroatoms. The van der Waals surface area contributed by atoms with Gasteiger partial charge in [0.15, 0.2) is 0 Å². The molecule has 0 heterocycles. The van der Waals surface area contributed by atoms with E-state index in [0.717, 1.165) is 51.4 Å². The monoisotopic (exact) mass is 380 g/mol. The van der Waals surface area contributed by atoms with Gasteiger partial charge in [0.25, 0.3) is 6.16 Å². The molecule has 25 heavy (non-hydrogen) atoms. The van der Waals surface area contributed by atoms with Crippen LogP contribution in [0.25, 0.3) is 0 Å². The topological polar surface area (TPSA) is 89.5 Å². The first-order valence-corrected chi connectivity index (χ1v) is 9.31. The van der Waals surface area contributed by atoms with E-state index in [1.54, 1.807) is 0 Å². The molecule has 0 aromatic heterocycles. The van der Waals surface area contributed by atoms with Gasteiger partial charge in [0.1, 0.15) is 0 Å². The van der Waals surface area contributed by atoms with Crippen LogP contribution in [0.1, 0.15) is 89.9 Å². The number of carboxylic acid groups (broad SMARTS) is 2. The molecular formula is C19H32CaO5. The van der Waals surface area contributed by atoms with Crippen LogP contribution in [0.3, 0.4) is 0 Å². The van der Waals surface area contributed by atoms with Crippen molar-refractivity contribution in [3.05, 3.63) is 12.2 Å². The molecule has 0 aromatic carbocycles. The van der Waals surface area contributed by atoms with Gasteiger partial charge in [-0.05, 0) is 44.9 Å². The van der Waals surface area contributed by atoms with E-state index in [-0.39, 0.29) is 50.8 Å². The van der Waals surface area contributed by atoms with Crippen LogP contribution in [0.5, 0.6) is 0 Å². The second-order valence-electron chi connectivity index (χ2n) is 6.16. The summed E-state index contributed by atoms with van der Waals surface area (Å²) in [6, 6.07) is 0. The Hall–Kier alpha value is -0.260. The predicted molar refractivity (Wildman–Crippen MR) is 95.9 cm³/mol. The quantitative estimate of drug-likeness (QED) is 0.167. The van der Waals surface area contributed by atoms with Crippen LogP contribution in [-0.4, -0.2) is 56.5 Å². The third kappa shape index (κ3) is 26.1. The van der Waals surface area contributed by atoms with Crippen molar-refractivity contribution in [2.24, 2.45) is 0 Å². The van der Waals surface area contributed by atoms with Crippen LogP contribution in [0.4, 0.5) is 4.79 Å². The second-order valence-corrected chi connectivity index (χ2v) is 6.16. The van der Waals surface area contributed by atoms with E-state index in [2.05, 4.69) is 16.9 Å². The fourth-order valence-electron chi connectivity index (χ4n) is 2.52. The van der Waals surface area contributed by atoms with Crippen molar-refractivity contribution < 1.29 is 24.5 Å². The maximum absolute atomic E-state index is 10.2. The summed E-state index contributed by atoms with van der Waals surface area (Å²) < 4.78 is 4.34. The van der Waals surface area contributed by atoms with Crippen LogP contribution in [0.2, 0.25) is 0 Å². The average Bonchev–Trinajstić information content (AvgIpc) is 2.53. The van der Waals surface area contributed by atoms with E-state index in [1.165, 1.54) is 32.1 Å². The average molecular weight is 381 g/mol. The molecule has 0 spiro atoms. The standard InChI is InChI=1S/C19H34O5.Ca/c20-18(21)16-14-12-10-8-6-4-2-1-3-5-7-9-11-13-15-17-24-19(22)23;/h1-2H,3-17H2,(H,20,21)(H,22,23);/q;+2/p-2/b2-1-;. The zero-order valence-corrected chi connectivity index (χ0v) is 17.7. The third-order valence-electron chi connectivity index (χ3n) is 3.90. The van der Waals surface area contributed by atoms with E-state index < -0.39 is 12.1 Å². The van der Waals surface area contributed by atoms with E-state index >= 15 is 0 Å². The first-order valence-electron chi connectivity index (χ1n) is 9.31. The Kier molecular flexibility index (Phi) is 23.5. The maximum Gasteiger partial charge on any atom is 2.00 e. The number of hydrogen-bond acceptors (Lipinski definition) is 5. The molecule has 0 radical (unpaired) electrons. The van der Waals surface area contributed by atoms with Gasteiger partial charge in [0.05, 0.1) is 0 Å². The largest absolute Gasteiger partial charge is 2.00 e. The Balaban J connectivity index is 0. The molecule has 0 N–H and O–H groups in total. The number of allylic oxidation sites excluding steroid dienone is 2. The van der Waals surface area contributed by atoms with Crippen molar-refractivity contribution in [1.82, 2.24) is 0 Å². The van der Waals surface area contributed by atoms with Crippen LogP contribution < -0.4 is 10.2 Å². The maximum atomic E-state index is 10.2. The summed E-state index contributed by atoms with van der Waals surface area (Å²) in [6.45, 7) is 0.252. The van der Waals surface area contributed by atoms with Crippen LogP contribution in [0.15, 0.2) is 12.2 Å². The van der Waals surface area contributed by atoms with Crippen molar-refractivity contribution in [3.8, 4) is 0 Å². The minimum atomic E-state index is -1.43.